The molecule has 1 fully saturated rings. The summed E-state index contributed by atoms with van der Waals surface area (Å²) in [5.41, 5.74) is 6.02. The van der Waals surface area contributed by atoms with Crippen LogP contribution in [0.3, 0.4) is 0 Å². The molecule has 0 amide bonds. The molecule has 0 heterocycles. The molecule has 0 radical (unpaired) electrons. The Labute approximate surface area is 89.2 Å². The van der Waals surface area contributed by atoms with E-state index in [2.05, 4.69) is 0 Å². The second kappa shape index (κ2) is 4.19. The highest BCUT2D eigenvalue weighted by Crippen LogP contribution is 2.32. The number of nitrogens with two attached hydrogens (primary N) is 1. The van der Waals surface area contributed by atoms with Crippen molar-refractivity contribution in [2.24, 2.45) is 5.73 Å². The molecular weight excluding hydrogens is 193 g/mol. The van der Waals surface area contributed by atoms with E-state index in [0.717, 1.165) is 19.3 Å². The summed E-state index contributed by atoms with van der Waals surface area (Å²) in [7, 11) is 0. The van der Waals surface area contributed by atoms with Crippen molar-refractivity contribution >= 4 is 0 Å². The fraction of sp³-hybridized carbons (Fsp3) is 0.500. The highest BCUT2D eigenvalue weighted by Gasteiger charge is 2.31. The van der Waals surface area contributed by atoms with Crippen LogP contribution < -0.4 is 10.5 Å². The molecule has 0 unspecified atom stereocenters. The number of hydrogen-bond acceptors (Lipinski definition) is 2. The minimum absolute atomic E-state index is 0.0205. The van der Waals surface area contributed by atoms with E-state index in [1.807, 2.05) is 0 Å². The van der Waals surface area contributed by atoms with E-state index >= 15 is 0 Å². The van der Waals surface area contributed by atoms with Crippen LogP contribution in [0.1, 0.15) is 25.7 Å². The maximum Gasteiger partial charge on any atom is 0.126 e. The molecule has 2 nitrogen and oxygen atoms in total. The highest BCUT2D eigenvalue weighted by atomic mass is 19.1. The predicted molar refractivity (Wildman–Crippen MR) is 57.3 cm³/mol. The molecule has 0 aliphatic heterocycles. The van der Waals surface area contributed by atoms with Gasteiger partial charge in [-0.1, -0.05) is 6.07 Å². The maximum atomic E-state index is 12.8. The number of rotatable bonds is 4. The molecule has 0 spiro atoms. The predicted octanol–water partition coefficient (Wildman–Crippen LogP) is 2.48. The molecule has 1 aliphatic carbocycles. The average Bonchev–Trinajstić information content (AvgIpc) is 2.15. The third-order valence-corrected chi connectivity index (χ3v) is 3.01. The smallest absolute Gasteiger partial charge is 0.126 e. The molecule has 3 heteroatoms. The van der Waals surface area contributed by atoms with Crippen LogP contribution in [-0.2, 0) is 0 Å². The largest absolute Gasteiger partial charge is 0.493 e. The summed E-state index contributed by atoms with van der Waals surface area (Å²) in [6.45, 7) is 0.569. The molecule has 1 aliphatic rings. The topological polar surface area (TPSA) is 35.2 Å². The first-order valence-electron chi connectivity index (χ1n) is 5.35. The van der Waals surface area contributed by atoms with Gasteiger partial charge >= 0.3 is 0 Å². The van der Waals surface area contributed by atoms with Crippen LogP contribution in [0.4, 0.5) is 4.39 Å². The Hall–Kier alpha value is -1.09. The van der Waals surface area contributed by atoms with Crippen LogP contribution in [0, 0.1) is 5.82 Å². The first-order valence-corrected chi connectivity index (χ1v) is 5.35. The molecule has 2 N–H and O–H groups in total. The fourth-order valence-electron chi connectivity index (χ4n) is 1.81. The minimum Gasteiger partial charge on any atom is -0.493 e. The zero-order valence-electron chi connectivity index (χ0n) is 8.71. The zero-order valence-corrected chi connectivity index (χ0v) is 8.71. The summed E-state index contributed by atoms with van der Waals surface area (Å²) in [6.07, 6.45) is 4.24. The van der Waals surface area contributed by atoms with Gasteiger partial charge in [-0.15, -0.1) is 0 Å². The lowest BCUT2D eigenvalue weighted by Crippen LogP contribution is -2.47. The lowest BCUT2D eigenvalue weighted by atomic mass is 9.76. The van der Waals surface area contributed by atoms with E-state index in [4.69, 9.17) is 10.5 Å². The Morgan fingerprint density at radius 1 is 1.40 bits per heavy atom. The molecule has 15 heavy (non-hydrogen) atoms. The molecule has 1 saturated carbocycles. The normalized spacial score (nSPS) is 18.3. The molecule has 0 atom stereocenters. The van der Waals surface area contributed by atoms with Crippen LogP contribution in [0.25, 0.3) is 0 Å². The Bertz CT molecular complexity index is 336. The SMILES string of the molecule is NC1(CCOc2cccc(F)c2)CCC1. The van der Waals surface area contributed by atoms with Gasteiger partial charge in [0.05, 0.1) is 6.61 Å². The van der Waals surface area contributed by atoms with E-state index in [0.29, 0.717) is 12.4 Å². The lowest BCUT2D eigenvalue weighted by molar-refractivity contribution is 0.183. The summed E-state index contributed by atoms with van der Waals surface area (Å²) >= 11 is 0. The van der Waals surface area contributed by atoms with Crippen molar-refractivity contribution in [3.63, 3.8) is 0 Å². The second-order valence-corrected chi connectivity index (χ2v) is 4.27. The maximum absolute atomic E-state index is 12.8. The fourth-order valence-corrected chi connectivity index (χ4v) is 1.81. The van der Waals surface area contributed by atoms with Gasteiger partial charge in [-0.05, 0) is 37.8 Å². The van der Waals surface area contributed by atoms with Gasteiger partial charge in [0, 0.05) is 11.6 Å². The van der Waals surface area contributed by atoms with Crippen molar-refractivity contribution in [2.45, 2.75) is 31.2 Å². The zero-order chi connectivity index (χ0) is 10.7. The van der Waals surface area contributed by atoms with E-state index in [1.54, 1.807) is 12.1 Å². The van der Waals surface area contributed by atoms with Gasteiger partial charge in [0.15, 0.2) is 0 Å². The third kappa shape index (κ3) is 2.69. The monoisotopic (exact) mass is 209 g/mol. The summed E-state index contributed by atoms with van der Waals surface area (Å²) in [5.74, 6) is 0.316. The summed E-state index contributed by atoms with van der Waals surface area (Å²) < 4.78 is 18.2. The first kappa shape index (κ1) is 10.4. The van der Waals surface area contributed by atoms with E-state index in [9.17, 15) is 4.39 Å². The molecule has 0 saturated heterocycles. The Balaban J connectivity index is 1.78. The van der Waals surface area contributed by atoms with E-state index < -0.39 is 0 Å². The molecule has 0 aromatic heterocycles. The van der Waals surface area contributed by atoms with Crippen LogP contribution in [0.5, 0.6) is 5.75 Å². The average molecular weight is 209 g/mol. The second-order valence-electron chi connectivity index (χ2n) is 4.27. The van der Waals surface area contributed by atoms with Crippen molar-refractivity contribution < 1.29 is 9.13 Å². The third-order valence-electron chi connectivity index (χ3n) is 3.01. The molecule has 0 bridgehead atoms. The van der Waals surface area contributed by atoms with Crippen molar-refractivity contribution in [1.82, 2.24) is 0 Å². The van der Waals surface area contributed by atoms with Gasteiger partial charge < -0.3 is 10.5 Å². The Morgan fingerprint density at radius 3 is 2.80 bits per heavy atom. The Kier molecular flexibility index (Phi) is 2.91. The van der Waals surface area contributed by atoms with E-state index in [1.165, 1.54) is 18.6 Å². The molecular formula is C12H16FNO. The Morgan fingerprint density at radius 2 is 2.20 bits per heavy atom. The summed E-state index contributed by atoms with van der Waals surface area (Å²) in [5, 5.41) is 0. The van der Waals surface area contributed by atoms with E-state index in [-0.39, 0.29) is 11.4 Å². The van der Waals surface area contributed by atoms with Crippen LogP contribution in [0.2, 0.25) is 0 Å². The number of hydrogen-bond donors (Lipinski definition) is 1. The lowest BCUT2D eigenvalue weighted by Gasteiger charge is -2.37. The standard InChI is InChI=1S/C12H16FNO/c13-10-3-1-4-11(9-10)15-8-7-12(14)5-2-6-12/h1,3-4,9H,2,5-8,14H2. The van der Waals surface area contributed by atoms with Crippen LogP contribution >= 0.6 is 0 Å². The highest BCUT2D eigenvalue weighted by molar-refractivity contribution is 5.22. The van der Waals surface area contributed by atoms with Gasteiger partial charge in [0.1, 0.15) is 11.6 Å². The van der Waals surface area contributed by atoms with Crippen LogP contribution in [0.15, 0.2) is 24.3 Å². The molecule has 82 valence electrons. The van der Waals surface area contributed by atoms with Crippen molar-refractivity contribution in [1.29, 1.82) is 0 Å². The van der Waals surface area contributed by atoms with Gasteiger partial charge in [0.2, 0.25) is 0 Å². The first-order chi connectivity index (χ1) is 7.18. The minimum atomic E-state index is -0.265. The van der Waals surface area contributed by atoms with Crippen molar-refractivity contribution in [3.05, 3.63) is 30.1 Å². The molecule has 1 aromatic rings. The quantitative estimate of drug-likeness (QED) is 0.826. The van der Waals surface area contributed by atoms with Gasteiger partial charge in [-0.25, -0.2) is 4.39 Å². The summed E-state index contributed by atoms with van der Waals surface area (Å²) in [4.78, 5) is 0. The van der Waals surface area contributed by atoms with Crippen molar-refractivity contribution in [3.8, 4) is 5.75 Å². The van der Waals surface area contributed by atoms with Gasteiger partial charge in [-0.2, -0.15) is 0 Å². The van der Waals surface area contributed by atoms with Gasteiger partial charge in [-0.3, -0.25) is 0 Å². The number of halogens is 1. The van der Waals surface area contributed by atoms with Gasteiger partial charge in [0.25, 0.3) is 0 Å². The van der Waals surface area contributed by atoms with Crippen molar-refractivity contribution in [2.75, 3.05) is 6.61 Å². The molecule has 2 rings (SSSR count). The number of ether oxygens (including phenoxy) is 1. The number of benzene rings is 1. The van der Waals surface area contributed by atoms with Crippen LogP contribution in [-0.4, -0.2) is 12.1 Å². The summed E-state index contributed by atoms with van der Waals surface area (Å²) in [6, 6.07) is 6.20. The molecule has 1 aromatic carbocycles.